The van der Waals surface area contributed by atoms with E-state index in [4.69, 9.17) is 14.9 Å². The lowest BCUT2D eigenvalue weighted by Crippen LogP contribution is -2.36. The Hall–Kier alpha value is -2.50. The molecule has 0 saturated carbocycles. The van der Waals surface area contributed by atoms with Gasteiger partial charge in [-0.25, -0.2) is 5.41 Å². The van der Waals surface area contributed by atoms with Gasteiger partial charge in [0.1, 0.15) is 14.1 Å². The van der Waals surface area contributed by atoms with Crippen LogP contribution < -0.4 is 9.47 Å². The number of hydrogen-bond donors (Lipinski definition) is 1. The lowest BCUT2D eigenvalue weighted by molar-refractivity contribution is -0.804. The standard InChI is InChI=1S/C14H18N5O2/c1-19(2)14(16-9-15)17-13(18-19)8-10-5-6-11(20-3)12(7-10)21-4/h5-7,15H,8H2,1-4H3/q+1. The third-order valence-corrected chi connectivity index (χ3v) is 3.05. The predicted molar refractivity (Wildman–Crippen MR) is 80.4 cm³/mol. The molecule has 0 atom stereocenters. The van der Waals surface area contributed by atoms with Crippen LogP contribution in [-0.4, -0.2) is 50.7 Å². The van der Waals surface area contributed by atoms with Crippen LogP contribution in [0.5, 0.6) is 11.5 Å². The average Bonchev–Trinajstić information content (AvgIpc) is 2.73. The highest BCUT2D eigenvalue weighted by molar-refractivity contribution is 5.98. The summed E-state index contributed by atoms with van der Waals surface area (Å²) >= 11 is 0. The first kappa shape index (κ1) is 14.9. The summed E-state index contributed by atoms with van der Waals surface area (Å²) < 4.78 is 10.7. The number of nitrogens with one attached hydrogen (secondary N) is 1. The molecular weight excluding hydrogens is 270 g/mol. The van der Waals surface area contributed by atoms with E-state index >= 15 is 0 Å². The Morgan fingerprint density at radius 1 is 1.24 bits per heavy atom. The van der Waals surface area contributed by atoms with Gasteiger partial charge in [-0.2, -0.15) is 4.99 Å². The minimum Gasteiger partial charge on any atom is -0.493 e. The Labute approximate surface area is 123 Å². The Balaban J connectivity index is 2.25. The molecular formula is C14H18N5O2+. The fourth-order valence-corrected chi connectivity index (χ4v) is 2.04. The van der Waals surface area contributed by atoms with Gasteiger partial charge in [-0.3, -0.25) is 0 Å². The molecule has 0 spiro atoms. The zero-order valence-electron chi connectivity index (χ0n) is 12.5. The largest absolute Gasteiger partial charge is 0.493 e. The number of quaternary nitrogens is 1. The monoisotopic (exact) mass is 288 g/mol. The summed E-state index contributed by atoms with van der Waals surface area (Å²) in [7, 11) is 6.90. The summed E-state index contributed by atoms with van der Waals surface area (Å²) in [6.07, 6.45) is 0.555. The first-order valence-corrected chi connectivity index (χ1v) is 6.36. The number of benzene rings is 1. The molecule has 0 amide bonds. The van der Waals surface area contributed by atoms with Gasteiger partial charge in [-0.1, -0.05) is 11.2 Å². The maximum Gasteiger partial charge on any atom is 0.367 e. The highest BCUT2D eigenvalue weighted by Crippen LogP contribution is 2.28. The van der Waals surface area contributed by atoms with Gasteiger partial charge in [0, 0.05) is 6.42 Å². The predicted octanol–water partition coefficient (Wildman–Crippen LogP) is 1.76. The van der Waals surface area contributed by atoms with Crippen molar-refractivity contribution in [3.63, 3.8) is 0 Å². The molecule has 7 nitrogen and oxygen atoms in total. The zero-order valence-corrected chi connectivity index (χ0v) is 12.5. The molecule has 0 fully saturated rings. The van der Waals surface area contributed by atoms with Crippen LogP contribution in [0.3, 0.4) is 0 Å². The number of methoxy groups -OCH3 is 2. The molecule has 0 bridgehead atoms. The number of nitrogens with zero attached hydrogens (tertiary/aromatic N) is 4. The van der Waals surface area contributed by atoms with Gasteiger partial charge in [-0.15, -0.1) is 9.58 Å². The second-order valence-corrected chi connectivity index (χ2v) is 4.91. The molecule has 1 N–H and O–H groups in total. The van der Waals surface area contributed by atoms with Crippen LogP contribution in [0.2, 0.25) is 0 Å². The molecule has 1 heterocycles. The van der Waals surface area contributed by atoms with Crippen molar-refractivity contribution < 1.29 is 14.1 Å². The molecule has 0 aliphatic carbocycles. The highest BCUT2D eigenvalue weighted by Gasteiger charge is 2.32. The number of amidine groups is 1. The molecule has 1 aliphatic heterocycles. The van der Waals surface area contributed by atoms with Crippen LogP contribution in [0, 0.1) is 5.41 Å². The lowest BCUT2D eigenvalue weighted by Gasteiger charge is -2.13. The smallest absolute Gasteiger partial charge is 0.367 e. The van der Waals surface area contributed by atoms with Crippen LogP contribution in [0.4, 0.5) is 0 Å². The van der Waals surface area contributed by atoms with Crippen LogP contribution in [-0.2, 0) is 6.42 Å². The van der Waals surface area contributed by atoms with E-state index in [0.717, 1.165) is 5.56 Å². The summed E-state index contributed by atoms with van der Waals surface area (Å²) in [5, 5.41) is 11.4. The van der Waals surface area contributed by atoms with Gasteiger partial charge in [0.15, 0.2) is 17.3 Å². The molecule has 0 unspecified atom stereocenters. The van der Waals surface area contributed by atoms with E-state index in [9.17, 15) is 0 Å². The molecule has 0 saturated heterocycles. The summed E-state index contributed by atoms with van der Waals surface area (Å²) in [6.45, 7) is 0. The maximum atomic E-state index is 6.94. The highest BCUT2D eigenvalue weighted by atomic mass is 16.5. The fraction of sp³-hybridized carbons (Fsp3) is 0.357. The number of hydrogen-bond acceptors (Lipinski definition) is 6. The maximum absolute atomic E-state index is 6.94. The van der Waals surface area contributed by atoms with Crippen molar-refractivity contribution >= 4 is 17.8 Å². The summed E-state index contributed by atoms with van der Waals surface area (Å²) in [4.78, 5) is 8.15. The van der Waals surface area contributed by atoms with Crippen LogP contribution in [0.25, 0.3) is 0 Å². The first-order valence-electron chi connectivity index (χ1n) is 6.36. The Morgan fingerprint density at radius 3 is 2.57 bits per heavy atom. The Kier molecular flexibility index (Phi) is 4.16. The number of aliphatic imine (C=N–C) groups is 2. The van der Waals surface area contributed by atoms with Crippen molar-refractivity contribution in [2.45, 2.75) is 6.42 Å². The minimum absolute atomic E-state index is 0.161. The van der Waals surface area contributed by atoms with E-state index in [1.54, 1.807) is 14.2 Å². The van der Waals surface area contributed by atoms with Gasteiger partial charge < -0.3 is 9.47 Å². The Bertz CT molecular complexity index is 657. The molecule has 1 aromatic carbocycles. The number of ether oxygens (including phenoxy) is 2. The number of guanidine groups is 1. The van der Waals surface area contributed by atoms with Gasteiger partial charge in [-0.05, 0) is 17.7 Å². The molecule has 0 radical (unpaired) electrons. The van der Waals surface area contributed by atoms with Gasteiger partial charge in [0.25, 0.3) is 0 Å². The fourth-order valence-electron chi connectivity index (χ4n) is 2.04. The van der Waals surface area contributed by atoms with Crippen LogP contribution >= 0.6 is 0 Å². The minimum atomic E-state index is 0.161. The summed E-state index contributed by atoms with van der Waals surface area (Å²) in [6, 6.07) is 7.69. The van der Waals surface area contributed by atoms with Gasteiger partial charge in [0.05, 0.1) is 20.2 Å². The third kappa shape index (κ3) is 3.16. The van der Waals surface area contributed by atoms with Crippen molar-refractivity contribution in [3.05, 3.63) is 23.8 Å². The van der Waals surface area contributed by atoms with Crippen LogP contribution in [0.15, 0.2) is 33.3 Å². The quantitative estimate of drug-likeness (QED) is 0.676. The van der Waals surface area contributed by atoms with E-state index in [2.05, 4.69) is 15.1 Å². The molecule has 0 aromatic heterocycles. The molecule has 21 heavy (non-hydrogen) atoms. The van der Waals surface area contributed by atoms with Crippen LogP contribution in [0.1, 0.15) is 5.56 Å². The number of rotatable bonds is 4. The van der Waals surface area contributed by atoms with E-state index < -0.39 is 0 Å². The van der Waals surface area contributed by atoms with Crippen molar-refractivity contribution in [3.8, 4) is 11.5 Å². The molecule has 2 rings (SSSR count). The molecule has 7 heteroatoms. The SMILES string of the molecule is COc1ccc(CC2=N[N+](C)(C)C(N=C=N)=N2)cc1OC. The Morgan fingerprint density at radius 2 is 1.95 bits per heavy atom. The molecule has 1 aliphatic rings. The van der Waals surface area contributed by atoms with Gasteiger partial charge >= 0.3 is 5.96 Å². The molecule has 110 valence electrons. The summed E-state index contributed by atoms with van der Waals surface area (Å²) in [5.74, 6) is 2.45. The van der Waals surface area contributed by atoms with Crippen molar-refractivity contribution in [1.82, 2.24) is 0 Å². The third-order valence-electron chi connectivity index (χ3n) is 3.05. The van der Waals surface area contributed by atoms with E-state index in [-0.39, 0.29) is 4.59 Å². The average molecular weight is 288 g/mol. The second kappa shape index (κ2) is 5.87. The zero-order chi connectivity index (χ0) is 15.5. The molecule has 1 aromatic rings. The lowest BCUT2D eigenvalue weighted by atomic mass is 10.1. The van der Waals surface area contributed by atoms with Crippen molar-refractivity contribution in [1.29, 1.82) is 5.41 Å². The normalized spacial score (nSPS) is 15.8. The van der Waals surface area contributed by atoms with Crippen molar-refractivity contribution in [2.24, 2.45) is 15.1 Å². The van der Waals surface area contributed by atoms with Crippen molar-refractivity contribution in [2.75, 3.05) is 28.3 Å². The van der Waals surface area contributed by atoms with E-state index in [1.807, 2.05) is 38.3 Å². The second-order valence-electron chi connectivity index (χ2n) is 4.91. The summed E-state index contributed by atoms with van der Waals surface area (Å²) in [5.41, 5.74) is 1.01. The topological polar surface area (TPSA) is 79.4 Å². The van der Waals surface area contributed by atoms with Gasteiger partial charge in [0.2, 0.25) is 0 Å². The van der Waals surface area contributed by atoms with E-state index in [0.29, 0.717) is 29.7 Å². The first-order chi connectivity index (χ1) is 10.00. The van der Waals surface area contributed by atoms with E-state index in [1.165, 1.54) is 0 Å².